The van der Waals surface area contributed by atoms with E-state index in [2.05, 4.69) is 23.9 Å². The first kappa shape index (κ1) is 15.3. The lowest BCUT2D eigenvalue weighted by Gasteiger charge is -2.17. The Morgan fingerprint density at radius 1 is 1.20 bits per heavy atom. The Morgan fingerprint density at radius 3 is 2.35 bits per heavy atom. The monoisotopic (exact) mass is 296 g/mol. The topological polar surface area (TPSA) is 58.2 Å². The maximum Gasteiger partial charge on any atom is 0.240 e. The number of hydrogen-bond donors (Lipinski definition) is 2. The Bertz CT molecular complexity index is 521. The second-order valence-electron chi connectivity index (χ2n) is 5.46. The molecule has 0 radical (unpaired) electrons. The van der Waals surface area contributed by atoms with E-state index in [9.17, 15) is 8.42 Å². The highest BCUT2D eigenvalue weighted by molar-refractivity contribution is 7.89. The standard InChI is InChI=1S/C15H24N2O2S/c1-3-5-12(4-2)16-13-8-10-15(11-9-13)20(18,19)17-14-6-7-14/h8-12,14,16-17H,3-7H2,1-2H3. The molecule has 5 heteroatoms. The first-order valence-corrected chi connectivity index (χ1v) is 8.92. The van der Waals surface area contributed by atoms with Gasteiger partial charge in [0.15, 0.2) is 0 Å². The number of benzene rings is 1. The van der Waals surface area contributed by atoms with E-state index in [1.807, 2.05) is 12.1 Å². The molecule has 1 atom stereocenters. The molecule has 0 spiro atoms. The van der Waals surface area contributed by atoms with Crippen molar-refractivity contribution >= 4 is 15.7 Å². The van der Waals surface area contributed by atoms with Gasteiger partial charge in [-0.25, -0.2) is 13.1 Å². The van der Waals surface area contributed by atoms with E-state index >= 15 is 0 Å². The largest absolute Gasteiger partial charge is 0.382 e. The summed E-state index contributed by atoms with van der Waals surface area (Å²) in [4.78, 5) is 0.346. The van der Waals surface area contributed by atoms with Gasteiger partial charge in [0.2, 0.25) is 10.0 Å². The molecule has 2 N–H and O–H groups in total. The van der Waals surface area contributed by atoms with Crippen LogP contribution in [-0.2, 0) is 10.0 Å². The molecule has 1 unspecified atom stereocenters. The van der Waals surface area contributed by atoms with Gasteiger partial charge in [0.25, 0.3) is 0 Å². The molecule has 1 aliphatic carbocycles. The number of anilines is 1. The predicted octanol–water partition coefficient (Wildman–Crippen LogP) is 3.12. The average Bonchev–Trinajstić information content (AvgIpc) is 3.22. The van der Waals surface area contributed by atoms with Gasteiger partial charge in [0.05, 0.1) is 4.90 Å². The molecule has 4 nitrogen and oxygen atoms in total. The van der Waals surface area contributed by atoms with Crippen molar-refractivity contribution in [2.45, 2.75) is 62.9 Å². The van der Waals surface area contributed by atoms with Crippen molar-refractivity contribution in [3.05, 3.63) is 24.3 Å². The van der Waals surface area contributed by atoms with Crippen LogP contribution in [0.4, 0.5) is 5.69 Å². The summed E-state index contributed by atoms with van der Waals surface area (Å²) in [6, 6.07) is 7.63. The van der Waals surface area contributed by atoms with Gasteiger partial charge in [-0.1, -0.05) is 20.3 Å². The van der Waals surface area contributed by atoms with E-state index in [1.165, 1.54) is 0 Å². The maximum absolute atomic E-state index is 12.0. The van der Waals surface area contributed by atoms with Crippen molar-refractivity contribution in [3.63, 3.8) is 0 Å². The Balaban J connectivity index is 2.01. The Morgan fingerprint density at radius 2 is 1.85 bits per heavy atom. The summed E-state index contributed by atoms with van der Waals surface area (Å²) >= 11 is 0. The molecular formula is C15H24N2O2S. The van der Waals surface area contributed by atoms with Crippen LogP contribution in [0.5, 0.6) is 0 Å². The molecule has 112 valence electrons. The van der Waals surface area contributed by atoms with Gasteiger partial charge in [-0.3, -0.25) is 0 Å². The summed E-state index contributed by atoms with van der Waals surface area (Å²) in [5.41, 5.74) is 0.982. The molecule has 1 aliphatic rings. The van der Waals surface area contributed by atoms with Crippen LogP contribution in [0.15, 0.2) is 29.2 Å². The van der Waals surface area contributed by atoms with E-state index in [-0.39, 0.29) is 6.04 Å². The fourth-order valence-electron chi connectivity index (χ4n) is 2.18. The summed E-state index contributed by atoms with van der Waals surface area (Å²) in [5.74, 6) is 0. The molecule has 20 heavy (non-hydrogen) atoms. The van der Waals surface area contributed by atoms with Crippen LogP contribution in [0, 0.1) is 0 Å². The third kappa shape index (κ3) is 4.21. The van der Waals surface area contributed by atoms with Crippen LogP contribution in [0.3, 0.4) is 0 Å². The van der Waals surface area contributed by atoms with Gasteiger partial charge in [-0.2, -0.15) is 0 Å². The van der Waals surface area contributed by atoms with Gasteiger partial charge in [-0.05, 0) is 49.9 Å². The minimum absolute atomic E-state index is 0.145. The van der Waals surface area contributed by atoms with Crippen molar-refractivity contribution in [2.75, 3.05) is 5.32 Å². The van der Waals surface area contributed by atoms with Crippen molar-refractivity contribution in [1.29, 1.82) is 0 Å². The van der Waals surface area contributed by atoms with Crippen molar-refractivity contribution < 1.29 is 8.42 Å². The summed E-state index contributed by atoms with van der Waals surface area (Å²) in [5, 5.41) is 3.45. The fraction of sp³-hybridized carbons (Fsp3) is 0.600. The third-order valence-electron chi connectivity index (χ3n) is 3.56. The second-order valence-corrected chi connectivity index (χ2v) is 7.17. The average molecular weight is 296 g/mol. The normalized spacial score (nSPS) is 16.9. The van der Waals surface area contributed by atoms with Gasteiger partial charge in [0, 0.05) is 17.8 Å². The quantitative estimate of drug-likeness (QED) is 0.775. The zero-order valence-electron chi connectivity index (χ0n) is 12.2. The van der Waals surface area contributed by atoms with E-state index < -0.39 is 10.0 Å². The highest BCUT2D eigenvalue weighted by Crippen LogP contribution is 2.23. The minimum Gasteiger partial charge on any atom is -0.382 e. The lowest BCUT2D eigenvalue weighted by Crippen LogP contribution is -2.25. The van der Waals surface area contributed by atoms with Crippen LogP contribution in [0.25, 0.3) is 0 Å². The molecule has 2 rings (SSSR count). The van der Waals surface area contributed by atoms with E-state index in [1.54, 1.807) is 12.1 Å². The molecule has 0 bridgehead atoms. The molecule has 1 aromatic carbocycles. The molecule has 0 aromatic heterocycles. The SMILES string of the molecule is CCCC(CC)Nc1ccc(S(=O)(=O)NC2CC2)cc1. The molecule has 0 saturated heterocycles. The molecule has 1 saturated carbocycles. The maximum atomic E-state index is 12.0. The Hall–Kier alpha value is -1.07. The van der Waals surface area contributed by atoms with Gasteiger partial charge < -0.3 is 5.32 Å². The minimum atomic E-state index is -3.34. The first-order valence-electron chi connectivity index (χ1n) is 7.44. The van der Waals surface area contributed by atoms with Crippen molar-refractivity contribution in [3.8, 4) is 0 Å². The molecule has 0 heterocycles. The predicted molar refractivity (Wildman–Crippen MR) is 82.4 cm³/mol. The number of hydrogen-bond acceptors (Lipinski definition) is 3. The van der Waals surface area contributed by atoms with E-state index in [0.29, 0.717) is 10.9 Å². The molecule has 1 fully saturated rings. The Kier molecular flexibility index (Phi) is 5.05. The van der Waals surface area contributed by atoms with Gasteiger partial charge >= 0.3 is 0 Å². The smallest absolute Gasteiger partial charge is 0.240 e. The zero-order valence-corrected chi connectivity index (χ0v) is 13.0. The third-order valence-corrected chi connectivity index (χ3v) is 5.10. The van der Waals surface area contributed by atoms with Crippen LogP contribution < -0.4 is 10.0 Å². The number of nitrogens with one attached hydrogen (secondary N) is 2. The van der Waals surface area contributed by atoms with Crippen LogP contribution in [-0.4, -0.2) is 20.5 Å². The molecule has 0 aliphatic heterocycles. The summed E-state index contributed by atoms with van der Waals surface area (Å²) in [6.07, 6.45) is 5.24. The molecular weight excluding hydrogens is 272 g/mol. The van der Waals surface area contributed by atoms with Gasteiger partial charge in [0.1, 0.15) is 0 Å². The number of sulfonamides is 1. The molecule has 1 aromatic rings. The van der Waals surface area contributed by atoms with Crippen LogP contribution >= 0.6 is 0 Å². The highest BCUT2D eigenvalue weighted by atomic mass is 32.2. The summed E-state index contributed by atoms with van der Waals surface area (Å²) in [6.45, 7) is 4.33. The lowest BCUT2D eigenvalue weighted by atomic mass is 10.1. The second kappa shape index (κ2) is 6.59. The number of rotatable bonds is 8. The molecule has 0 amide bonds. The lowest BCUT2D eigenvalue weighted by molar-refractivity contribution is 0.581. The van der Waals surface area contributed by atoms with Gasteiger partial charge in [-0.15, -0.1) is 0 Å². The van der Waals surface area contributed by atoms with Crippen LogP contribution in [0.2, 0.25) is 0 Å². The first-order chi connectivity index (χ1) is 9.55. The zero-order chi connectivity index (χ0) is 14.6. The Labute approximate surface area is 122 Å². The highest BCUT2D eigenvalue weighted by Gasteiger charge is 2.27. The van der Waals surface area contributed by atoms with Crippen molar-refractivity contribution in [1.82, 2.24) is 4.72 Å². The summed E-state index contributed by atoms with van der Waals surface area (Å²) < 4.78 is 26.8. The van der Waals surface area contributed by atoms with Crippen LogP contribution in [0.1, 0.15) is 46.0 Å². The van der Waals surface area contributed by atoms with E-state index in [4.69, 9.17) is 0 Å². The summed E-state index contributed by atoms with van der Waals surface area (Å²) in [7, 11) is -3.34. The van der Waals surface area contributed by atoms with E-state index in [0.717, 1.165) is 37.8 Å². The van der Waals surface area contributed by atoms with Crippen molar-refractivity contribution in [2.24, 2.45) is 0 Å². The fourth-order valence-corrected chi connectivity index (χ4v) is 3.49.